The van der Waals surface area contributed by atoms with Gasteiger partial charge in [0.15, 0.2) is 0 Å². The molecule has 0 radical (unpaired) electrons. The number of anilines is 2. The summed E-state index contributed by atoms with van der Waals surface area (Å²) in [4.78, 5) is 13.6. The zero-order valence-electron chi connectivity index (χ0n) is 11.2. The number of nitrogens with two attached hydrogens (primary N) is 1. The van der Waals surface area contributed by atoms with Gasteiger partial charge in [-0.1, -0.05) is 11.6 Å². The Kier molecular flexibility index (Phi) is 6.08. The van der Waals surface area contributed by atoms with Crippen LogP contribution in [0.3, 0.4) is 0 Å². The van der Waals surface area contributed by atoms with E-state index in [-0.39, 0.29) is 18.6 Å². The number of hydrogen-bond acceptors (Lipinski definition) is 4. The third-order valence-electron chi connectivity index (χ3n) is 2.63. The number of nitrogen functional groups attached to an aromatic ring is 1. The van der Waals surface area contributed by atoms with E-state index >= 15 is 0 Å². The van der Waals surface area contributed by atoms with E-state index in [1.165, 1.54) is 0 Å². The molecule has 0 saturated carbocycles. The fourth-order valence-electron chi connectivity index (χ4n) is 1.57. The number of carbonyl (C=O) groups is 1. The molecule has 0 aliphatic heterocycles. The van der Waals surface area contributed by atoms with Crippen molar-refractivity contribution < 1.29 is 9.90 Å². The van der Waals surface area contributed by atoms with Crippen molar-refractivity contribution in [2.24, 2.45) is 0 Å². The molecule has 0 saturated heterocycles. The fraction of sp³-hybridized carbons (Fsp3) is 0.462. The molecule has 1 atom stereocenters. The molecule has 1 rings (SSSR count). The van der Waals surface area contributed by atoms with E-state index in [0.717, 1.165) is 0 Å². The van der Waals surface area contributed by atoms with E-state index in [9.17, 15) is 9.90 Å². The molecule has 4 N–H and O–H groups in total. The lowest BCUT2D eigenvalue weighted by Gasteiger charge is -2.17. The van der Waals surface area contributed by atoms with Gasteiger partial charge in [0.1, 0.15) is 0 Å². The normalized spacial score (nSPS) is 12.5. The predicted molar refractivity (Wildman–Crippen MR) is 78.3 cm³/mol. The average molecular weight is 286 g/mol. The van der Waals surface area contributed by atoms with Crippen LogP contribution in [0.2, 0.25) is 5.02 Å². The number of carbonyl (C=O) groups excluding carboxylic acids is 1. The van der Waals surface area contributed by atoms with E-state index in [1.54, 1.807) is 25.1 Å². The maximum Gasteiger partial charge on any atom is 0.238 e. The summed E-state index contributed by atoms with van der Waals surface area (Å²) in [6, 6.07) is 4.93. The van der Waals surface area contributed by atoms with E-state index in [4.69, 9.17) is 17.3 Å². The minimum atomic E-state index is -0.363. The summed E-state index contributed by atoms with van der Waals surface area (Å²) in [6.07, 6.45) is 0.268. The van der Waals surface area contributed by atoms with Crippen LogP contribution in [-0.4, -0.2) is 42.2 Å². The first-order chi connectivity index (χ1) is 8.88. The molecule has 1 aromatic carbocycles. The third kappa shape index (κ3) is 5.92. The molecular formula is C13H20ClN3O2. The number of aliphatic hydroxyl groups is 1. The highest BCUT2D eigenvalue weighted by molar-refractivity contribution is 6.31. The fourth-order valence-corrected chi connectivity index (χ4v) is 1.75. The van der Waals surface area contributed by atoms with Gasteiger partial charge in [0, 0.05) is 11.6 Å². The second-order valence-electron chi connectivity index (χ2n) is 4.66. The number of hydrogen-bond donors (Lipinski definition) is 3. The number of nitrogens with one attached hydrogen (secondary N) is 1. The van der Waals surface area contributed by atoms with Crippen molar-refractivity contribution in [3.63, 3.8) is 0 Å². The first kappa shape index (κ1) is 15.8. The van der Waals surface area contributed by atoms with Crippen molar-refractivity contribution in [2.45, 2.75) is 19.4 Å². The quantitative estimate of drug-likeness (QED) is 0.693. The van der Waals surface area contributed by atoms with Gasteiger partial charge in [-0.25, -0.2) is 0 Å². The Morgan fingerprint density at radius 1 is 1.58 bits per heavy atom. The summed E-state index contributed by atoms with van der Waals surface area (Å²) in [5.74, 6) is -0.151. The van der Waals surface area contributed by atoms with Gasteiger partial charge in [-0.05, 0) is 38.6 Å². The summed E-state index contributed by atoms with van der Waals surface area (Å²) in [7, 11) is 1.83. The van der Waals surface area contributed by atoms with Crippen molar-refractivity contribution in [3.8, 4) is 0 Å². The molecule has 0 aliphatic rings. The highest BCUT2D eigenvalue weighted by Crippen LogP contribution is 2.22. The molecule has 0 aliphatic carbocycles. The molecule has 0 aromatic heterocycles. The summed E-state index contributed by atoms with van der Waals surface area (Å²) < 4.78 is 0. The zero-order chi connectivity index (χ0) is 14.4. The lowest BCUT2D eigenvalue weighted by molar-refractivity contribution is -0.117. The molecule has 106 valence electrons. The molecular weight excluding hydrogens is 266 g/mol. The Balaban J connectivity index is 2.46. The van der Waals surface area contributed by atoms with Crippen LogP contribution in [0.25, 0.3) is 0 Å². The van der Waals surface area contributed by atoms with Crippen molar-refractivity contribution in [1.82, 2.24) is 4.90 Å². The summed E-state index contributed by atoms with van der Waals surface area (Å²) in [5, 5.41) is 12.4. The van der Waals surface area contributed by atoms with Gasteiger partial charge in [-0.3, -0.25) is 9.69 Å². The second-order valence-corrected chi connectivity index (χ2v) is 5.09. The number of amides is 1. The van der Waals surface area contributed by atoms with Crippen LogP contribution in [0.15, 0.2) is 18.2 Å². The average Bonchev–Trinajstić information content (AvgIpc) is 2.30. The molecule has 1 aromatic rings. The molecule has 0 bridgehead atoms. The zero-order valence-corrected chi connectivity index (χ0v) is 11.9. The van der Waals surface area contributed by atoms with Crippen LogP contribution in [0.5, 0.6) is 0 Å². The smallest absolute Gasteiger partial charge is 0.238 e. The summed E-state index contributed by atoms with van der Waals surface area (Å²) in [5.41, 5.74) is 6.74. The van der Waals surface area contributed by atoms with E-state index in [2.05, 4.69) is 5.32 Å². The Bertz CT molecular complexity index is 438. The lowest BCUT2D eigenvalue weighted by Crippen LogP contribution is -2.32. The van der Waals surface area contributed by atoms with Gasteiger partial charge in [0.05, 0.1) is 24.0 Å². The molecule has 5 nitrogen and oxygen atoms in total. The minimum Gasteiger partial charge on any atom is -0.397 e. The monoisotopic (exact) mass is 285 g/mol. The SMILES string of the molecule is CC(O)CCN(C)CC(=O)Nc1ccc(Cl)cc1N. The Morgan fingerprint density at radius 3 is 2.84 bits per heavy atom. The van der Waals surface area contributed by atoms with Crippen molar-refractivity contribution >= 4 is 28.9 Å². The number of rotatable bonds is 6. The highest BCUT2D eigenvalue weighted by Gasteiger charge is 2.09. The third-order valence-corrected chi connectivity index (χ3v) is 2.86. The van der Waals surface area contributed by atoms with Crippen LogP contribution in [-0.2, 0) is 4.79 Å². The van der Waals surface area contributed by atoms with Gasteiger partial charge in [0.2, 0.25) is 5.91 Å². The molecule has 0 spiro atoms. The molecule has 1 amide bonds. The van der Waals surface area contributed by atoms with Crippen molar-refractivity contribution in [2.75, 3.05) is 31.2 Å². The van der Waals surface area contributed by atoms with Gasteiger partial charge in [-0.2, -0.15) is 0 Å². The number of benzene rings is 1. The van der Waals surface area contributed by atoms with E-state index in [1.807, 2.05) is 11.9 Å². The Morgan fingerprint density at radius 2 is 2.26 bits per heavy atom. The van der Waals surface area contributed by atoms with Crippen LogP contribution < -0.4 is 11.1 Å². The first-order valence-corrected chi connectivity index (χ1v) is 6.47. The standard InChI is InChI=1S/C13H20ClN3O2/c1-9(18)5-6-17(2)8-13(19)16-12-4-3-10(14)7-11(12)15/h3-4,7,9,18H,5-6,8,15H2,1-2H3,(H,16,19). The summed E-state index contributed by atoms with van der Waals surface area (Å²) >= 11 is 5.78. The van der Waals surface area contributed by atoms with Crippen molar-refractivity contribution in [3.05, 3.63) is 23.2 Å². The summed E-state index contributed by atoms with van der Waals surface area (Å²) in [6.45, 7) is 2.62. The van der Waals surface area contributed by atoms with Gasteiger partial charge >= 0.3 is 0 Å². The van der Waals surface area contributed by atoms with Crippen molar-refractivity contribution in [1.29, 1.82) is 0 Å². The first-order valence-electron chi connectivity index (χ1n) is 6.10. The molecule has 1 unspecified atom stereocenters. The Hall–Kier alpha value is -1.30. The number of nitrogens with zero attached hydrogens (tertiary/aromatic N) is 1. The molecule has 0 heterocycles. The maximum atomic E-state index is 11.8. The number of aliphatic hydroxyl groups excluding tert-OH is 1. The minimum absolute atomic E-state index is 0.151. The molecule has 6 heteroatoms. The second kappa shape index (κ2) is 7.33. The van der Waals surface area contributed by atoms with E-state index in [0.29, 0.717) is 29.4 Å². The molecule has 19 heavy (non-hydrogen) atoms. The number of halogens is 1. The van der Waals surface area contributed by atoms with Crippen LogP contribution >= 0.6 is 11.6 Å². The van der Waals surface area contributed by atoms with Crippen LogP contribution in [0.4, 0.5) is 11.4 Å². The van der Waals surface area contributed by atoms with E-state index < -0.39 is 0 Å². The predicted octanol–water partition coefficient (Wildman–Crippen LogP) is 1.56. The Labute approximate surface area is 118 Å². The van der Waals surface area contributed by atoms with Crippen LogP contribution in [0.1, 0.15) is 13.3 Å². The highest BCUT2D eigenvalue weighted by atomic mass is 35.5. The maximum absolute atomic E-state index is 11.8. The van der Waals surface area contributed by atoms with Gasteiger partial charge < -0.3 is 16.2 Å². The molecule has 0 fully saturated rings. The largest absolute Gasteiger partial charge is 0.397 e. The van der Waals surface area contributed by atoms with Gasteiger partial charge in [0.25, 0.3) is 0 Å². The topological polar surface area (TPSA) is 78.6 Å². The van der Waals surface area contributed by atoms with Crippen LogP contribution in [0, 0.1) is 0 Å². The van der Waals surface area contributed by atoms with Gasteiger partial charge in [-0.15, -0.1) is 0 Å². The lowest BCUT2D eigenvalue weighted by atomic mass is 10.2. The number of likely N-dealkylation sites (N-methyl/N-ethyl adjacent to an activating group) is 1.